The molecule has 4 heteroatoms. The Kier molecular flexibility index (Phi) is 4.81. The summed E-state index contributed by atoms with van der Waals surface area (Å²) in [6.45, 7) is 7.13. The fourth-order valence-corrected chi connectivity index (χ4v) is 2.86. The topological polar surface area (TPSA) is 52.6 Å². The number of carbonyl (C=O) groups is 2. The van der Waals surface area contributed by atoms with Crippen LogP contribution in [0.2, 0.25) is 0 Å². The first-order valence-electron chi connectivity index (χ1n) is 7.42. The third kappa shape index (κ3) is 2.83. The summed E-state index contributed by atoms with van der Waals surface area (Å²) < 4.78 is 10.8. The minimum absolute atomic E-state index is 0.281. The smallest absolute Gasteiger partial charge is 0.322 e. The van der Waals surface area contributed by atoms with E-state index in [0.29, 0.717) is 12.0 Å². The molecule has 1 aliphatic rings. The van der Waals surface area contributed by atoms with Crippen LogP contribution in [0.25, 0.3) is 0 Å². The summed E-state index contributed by atoms with van der Waals surface area (Å²) in [7, 11) is 1.29. The molecule has 1 aromatic carbocycles. The summed E-state index contributed by atoms with van der Waals surface area (Å²) in [6, 6.07) is 9.91. The molecule has 0 bridgehead atoms. The Hall–Kier alpha value is -1.94. The Morgan fingerprint density at radius 3 is 2.59 bits per heavy atom. The van der Waals surface area contributed by atoms with E-state index in [1.165, 1.54) is 7.11 Å². The average molecular weight is 302 g/mol. The van der Waals surface area contributed by atoms with Gasteiger partial charge in [-0.1, -0.05) is 36.9 Å². The van der Waals surface area contributed by atoms with E-state index in [4.69, 9.17) is 9.47 Å². The fourth-order valence-electron chi connectivity index (χ4n) is 2.86. The highest BCUT2D eigenvalue weighted by Crippen LogP contribution is 2.39. The highest BCUT2D eigenvalue weighted by Gasteiger charge is 2.54. The zero-order chi connectivity index (χ0) is 16.3. The molecule has 3 unspecified atom stereocenters. The van der Waals surface area contributed by atoms with Crippen LogP contribution in [0.3, 0.4) is 0 Å². The molecule has 1 aliphatic heterocycles. The second-order valence-electron chi connectivity index (χ2n) is 5.84. The third-order valence-electron chi connectivity index (χ3n) is 4.41. The van der Waals surface area contributed by atoms with Crippen LogP contribution in [0.1, 0.15) is 25.8 Å². The lowest BCUT2D eigenvalue weighted by Gasteiger charge is -2.41. The van der Waals surface area contributed by atoms with Gasteiger partial charge in [0.25, 0.3) is 0 Å². The number of Topliss-reactive ketones (excluding diaryl/α,β-unsaturated/α-hetero) is 1. The summed E-state index contributed by atoms with van der Waals surface area (Å²) in [5.41, 5.74) is 0.138. The van der Waals surface area contributed by atoms with Gasteiger partial charge < -0.3 is 9.47 Å². The Balaban J connectivity index is 2.23. The predicted molar refractivity (Wildman–Crippen MR) is 83.4 cm³/mol. The Morgan fingerprint density at radius 1 is 1.36 bits per heavy atom. The molecular formula is C18H22O4. The van der Waals surface area contributed by atoms with Crippen LogP contribution in [0, 0.1) is 5.41 Å². The molecule has 118 valence electrons. The van der Waals surface area contributed by atoms with E-state index >= 15 is 0 Å². The van der Waals surface area contributed by atoms with E-state index in [1.807, 2.05) is 30.3 Å². The van der Waals surface area contributed by atoms with Crippen molar-refractivity contribution in [1.29, 1.82) is 0 Å². The first-order chi connectivity index (χ1) is 10.4. The average Bonchev–Trinajstić information content (AvgIpc) is 2.55. The van der Waals surface area contributed by atoms with Gasteiger partial charge in [-0.3, -0.25) is 9.59 Å². The van der Waals surface area contributed by atoms with Crippen molar-refractivity contribution >= 4 is 11.8 Å². The summed E-state index contributed by atoms with van der Waals surface area (Å²) in [4.78, 5) is 24.8. The Labute approximate surface area is 131 Å². The molecule has 22 heavy (non-hydrogen) atoms. The number of aryl methyl sites for hydroxylation is 1. The van der Waals surface area contributed by atoms with E-state index in [0.717, 1.165) is 12.0 Å². The van der Waals surface area contributed by atoms with Crippen LogP contribution in [-0.2, 0) is 25.5 Å². The summed E-state index contributed by atoms with van der Waals surface area (Å²) in [6.07, 6.45) is 0.392. The molecule has 0 N–H and O–H groups in total. The van der Waals surface area contributed by atoms with E-state index in [9.17, 15) is 9.59 Å². The van der Waals surface area contributed by atoms with Crippen molar-refractivity contribution in [3.63, 3.8) is 0 Å². The summed E-state index contributed by atoms with van der Waals surface area (Å²) in [5.74, 6) is -0.847. The highest BCUT2D eigenvalue weighted by molar-refractivity contribution is 6.13. The number of hydrogen-bond acceptors (Lipinski definition) is 4. The molecule has 1 heterocycles. The molecule has 3 atom stereocenters. The van der Waals surface area contributed by atoms with Crippen molar-refractivity contribution in [3.05, 3.63) is 48.0 Å². The number of ether oxygens (including phenoxy) is 2. The third-order valence-corrected chi connectivity index (χ3v) is 4.41. The first-order valence-corrected chi connectivity index (χ1v) is 7.42. The van der Waals surface area contributed by atoms with Crippen molar-refractivity contribution in [2.45, 2.75) is 38.9 Å². The molecule has 2 rings (SSSR count). The zero-order valence-electron chi connectivity index (χ0n) is 13.3. The quantitative estimate of drug-likeness (QED) is 0.487. The number of methoxy groups -OCH3 is 1. The summed E-state index contributed by atoms with van der Waals surface area (Å²) >= 11 is 0. The lowest BCUT2D eigenvalue weighted by molar-refractivity contribution is -0.175. The van der Waals surface area contributed by atoms with Crippen molar-refractivity contribution in [2.75, 3.05) is 7.11 Å². The minimum Gasteiger partial charge on any atom is -0.468 e. The maximum atomic E-state index is 12.6. The number of rotatable bonds is 4. The Morgan fingerprint density at radius 2 is 2.00 bits per heavy atom. The van der Waals surface area contributed by atoms with Crippen LogP contribution < -0.4 is 0 Å². The number of hydrogen-bond donors (Lipinski definition) is 0. The van der Waals surface area contributed by atoms with Gasteiger partial charge in [-0.15, -0.1) is 0 Å². The largest absolute Gasteiger partial charge is 0.468 e. The van der Waals surface area contributed by atoms with Crippen molar-refractivity contribution in [2.24, 2.45) is 5.41 Å². The molecule has 4 nitrogen and oxygen atoms in total. The Bertz CT molecular complexity index is 578. The zero-order valence-corrected chi connectivity index (χ0v) is 13.3. The number of benzene rings is 1. The summed E-state index contributed by atoms with van der Waals surface area (Å²) in [5, 5.41) is 0. The molecule has 0 spiro atoms. The second kappa shape index (κ2) is 6.44. The van der Waals surface area contributed by atoms with Crippen LogP contribution in [0.5, 0.6) is 0 Å². The maximum absolute atomic E-state index is 12.6. The lowest BCUT2D eigenvalue weighted by Crippen LogP contribution is -2.55. The normalized spacial score (nSPS) is 28.5. The van der Waals surface area contributed by atoms with E-state index < -0.39 is 17.5 Å². The van der Waals surface area contributed by atoms with Gasteiger partial charge in [0.2, 0.25) is 0 Å². The number of carbonyl (C=O) groups excluding carboxylic acids is 2. The van der Waals surface area contributed by atoms with Gasteiger partial charge >= 0.3 is 5.97 Å². The fraction of sp³-hybridized carbons (Fsp3) is 0.444. The van der Waals surface area contributed by atoms with Crippen LogP contribution >= 0.6 is 0 Å². The minimum atomic E-state index is -1.33. The molecule has 0 aliphatic carbocycles. The van der Waals surface area contributed by atoms with E-state index in [2.05, 4.69) is 6.58 Å². The van der Waals surface area contributed by atoms with Gasteiger partial charge in [-0.2, -0.15) is 0 Å². The van der Waals surface area contributed by atoms with Crippen molar-refractivity contribution < 1.29 is 19.1 Å². The van der Waals surface area contributed by atoms with Gasteiger partial charge in [0, 0.05) is 5.57 Å². The van der Waals surface area contributed by atoms with Crippen LogP contribution in [0.4, 0.5) is 0 Å². The molecule has 0 amide bonds. The van der Waals surface area contributed by atoms with Crippen molar-refractivity contribution in [1.82, 2.24) is 0 Å². The SMILES string of the molecule is C=C1C(=O)C(C)(C(=O)OC)C(CCc2ccccc2)OC1C. The molecule has 1 fully saturated rings. The monoisotopic (exact) mass is 302 g/mol. The number of ketones is 1. The maximum Gasteiger partial charge on any atom is 0.322 e. The van der Waals surface area contributed by atoms with Gasteiger partial charge in [0.05, 0.1) is 19.3 Å². The van der Waals surface area contributed by atoms with Gasteiger partial charge in [0.15, 0.2) is 11.2 Å². The molecule has 0 saturated carbocycles. The van der Waals surface area contributed by atoms with Gasteiger partial charge in [0.1, 0.15) is 0 Å². The lowest BCUT2D eigenvalue weighted by atomic mass is 9.72. The molecule has 1 saturated heterocycles. The second-order valence-corrected chi connectivity index (χ2v) is 5.84. The van der Waals surface area contributed by atoms with Crippen molar-refractivity contribution in [3.8, 4) is 0 Å². The van der Waals surface area contributed by atoms with Crippen LogP contribution in [-0.4, -0.2) is 31.1 Å². The predicted octanol–water partition coefficient (Wildman–Crippen LogP) is 2.71. The van der Waals surface area contributed by atoms with Gasteiger partial charge in [-0.25, -0.2) is 0 Å². The van der Waals surface area contributed by atoms with Crippen LogP contribution in [0.15, 0.2) is 42.5 Å². The molecule has 1 aromatic rings. The van der Waals surface area contributed by atoms with E-state index in [1.54, 1.807) is 13.8 Å². The first kappa shape index (κ1) is 16.4. The molecular weight excluding hydrogens is 280 g/mol. The molecule has 0 aromatic heterocycles. The standard InChI is InChI=1S/C18H22O4/c1-12-13(2)22-15(11-10-14-8-6-5-7-9-14)18(3,16(12)19)17(20)21-4/h5-9,13,15H,1,10-11H2,2-4H3. The van der Waals surface area contributed by atoms with Gasteiger partial charge in [-0.05, 0) is 32.3 Å². The molecule has 0 radical (unpaired) electrons. The number of esters is 1. The highest BCUT2D eigenvalue weighted by atomic mass is 16.5. The van der Waals surface area contributed by atoms with E-state index in [-0.39, 0.29) is 11.9 Å².